The van der Waals surface area contributed by atoms with Gasteiger partial charge in [0.05, 0.1) is 17.6 Å². The molecule has 7 rings (SSSR count). The second-order valence-electron chi connectivity index (χ2n) is 10.9. The van der Waals surface area contributed by atoms with Crippen molar-refractivity contribution in [3.63, 3.8) is 0 Å². The van der Waals surface area contributed by atoms with E-state index in [-0.39, 0.29) is 17.9 Å². The summed E-state index contributed by atoms with van der Waals surface area (Å²) >= 11 is 0. The van der Waals surface area contributed by atoms with Crippen LogP contribution in [0.15, 0.2) is 79.8 Å². The van der Waals surface area contributed by atoms with E-state index in [2.05, 4.69) is 50.8 Å². The smallest absolute Gasteiger partial charge is 0.245 e. The molecule has 1 aromatic carbocycles. The van der Waals surface area contributed by atoms with Crippen molar-refractivity contribution in [2.45, 2.75) is 31.7 Å². The van der Waals surface area contributed by atoms with Crippen LogP contribution in [-0.4, -0.2) is 66.3 Å². The zero-order valence-electron chi connectivity index (χ0n) is 24.6. The lowest BCUT2D eigenvalue weighted by Gasteiger charge is -2.34. The maximum atomic E-state index is 11.3. The Bertz CT molecular complexity index is 1850. The number of nitrogens with one attached hydrogen (secondary N) is 1. The lowest BCUT2D eigenvalue weighted by Crippen LogP contribution is -2.49. The van der Waals surface area contributed by atoms with Crippen molar-refractivity contribution in [3.05, 3.63) is 90.9 Å². The Balaban J connectivity index is 0.000000208. The Hall–Kier alpha value is -5.34. The zero-order valence-corrected chi connectivity index (χ0v) is 24.6. The number of carbonyl (C=O) groups is 1. The summed E-state index contributed by atoms with van der Waals surface area (Å²) in [6.45, 7) is 4.65. The molecular weight excluding hydrogens is 552 g/mol. The first-order chi connectivity index (χ1) is 21.5. The van der Waals surface area contributed by atoms with Crippen LogP contribution in [0.3, 0.4) is 0 Å². The van der Waals surface area contributed by atoms with Crippen molar-refractivity contribution in [1.29, 1.82) is 5.26 Å². The number of piperidine rings is 1. The van der Waals surface area contributed by atoms with Gasteiger partial charge in [0.1, 0.15) is 11.3 Å². The Kier molecular flexibility index (Phi) is 8.16. The fraction of sp³-hybridized carbons (Fsp3) is 0.273. The van der Waals surface area contributed by atoms with E-state index in [1.54, 1.807) is 22.0 Å². The highest BCUT2D eigenvalue weighted by atomic mass is 16.2. The molecule has 222 valence electrons. The number of nitrogens with two attached hydrogens (primary N) is 1. The van der Waals surface area contributed by atoms with Crippen molar-refractivity contribution in [1.82, 2.24) is 39.5 Å². The van der Waals surface area contributed by atoms with Gasteiger partial charge in [0.2, 0.25) is 5.91 Å². The van der Waals surface area contributed by atoms with Crippen LogP contribution in [0, 0.1) is 17.2 Å². The number of rotatable bonds is 5. The van der Waals surface area contributed by atoms with Crippen LogP contribution in [0.4, 0.5) is 5.82 Å². The fourth-order valence-corrected chi connectivity index (χ4v) is 5.97. The minimum atomic E-state index is -0.113. The SMILES string of the molecule is C=CC(=O)N1CCC(NC)C(C#N)C1.Nc1ncccc1-c1nc2ccc(-n3cccn3)nc2n1-c1ccc2c(c1)CCC2. The Morgan fingerprint density at radius 3 is 2.75 bits per heavy atom. The maximum Gasteiger partial charge on any atom is 0.245 e. The number of hydrogen-bond donors (Lipinski definition) is 2. The number of nitrogens with zero attached hydrogens (tertiary/aromatic N) is 8. The molecule has 0 saturated carbocycles. The second kappa shape index (κ2) is 12.5. The quantitative estimate of drug-likeness (QED) is 0.296. The number of imidazole rings is 1. The molecule has 3 N–H and O–H groups in total. The molecule has 2 unspecified atom stereocenters. The number of aromatic nitrogens is 6. The predicted octanol–water partition coefficient (Wildman–Crippen LogP) is 3.87. The molecule has 0 spiro atoms. The van der Waals surface area contributed by atoms with Crippen molar-refractivity contribution in [2.75, 3.05) is 25.9 Å². The number of likely N-dealkylation sites (tertiary alicyclic amines) is 1. The standard InChI is InChI=1S/C23H19N7.C10H15N3O/c24-21-18(6-2-11-25-21)22-27-19-9-10-20(29-13-3-12-26-29)28-23(19)30(22)17-8-7-15-4-1-5-16(15)14-17;1-3-10(14)13-5-4-9(12-2)8(6-11)7-13/h2-3,6-14H,1,4-5H2,(H2,24,25);3,8-9,12H,1,4-5,7H2,2H3. The van der Waals surface area contributed by atoms with E-state index in [4.69, 9.17) is 21.0 Å². The topological polar surface area (TPSA) is 144 Å². The third-order valence-electron chi connectivity index (χ3n) is 8.28. The molecule has 5 aromatic rings. The van der Waals surface area contributed by atoms with Crippen molar-refractivity contribution >= 4 is 22.9 Å². The van der Waals surface area contributed by atoms with Gasteiger partial charge in [0.15, 0.2) is 17.3 Å². The Morgan fingerprint density at radius 1 is 1.14 bits per heavy atom. The van der Waals surface area contributed by atoms with Gasteiger partial charge >= 0.3 is 0 Å². The van der Waals surface area contributed by atoms with Crippen molar-refractivity contribution in [2.24, 2.45) is 5.92 Å². The summed E-state index contributed by atoms with van der Waals surface area (Å²) in [6.07, 6.45) is 10.9. The van der Waals surface area contributed by atoms with E-state index < -0.39 is 0 Å². The molecule has 11 heteroatoms. The summed E-state index contributed by atoms with van der Waals surface area (Å²) < 4.78 is 3.83. The van der Waals surface area contributed by atoms with Crippen LogP contribution < -0.4 is 11.1 Å². The largest absolute Gasteiger partial charge is 0.383 e. The van der Waals surface area contributed by atoms with Gasteiger partial charge in [0.25, 0.3) is 0 Å². The summed E-state index contributed by atoms with van der Waals surface area (Å²) in [5.41, 5.74) is 12.4. The van der Waals surface area contributed by atoms with Gasteiger partial charge < -0.3 is 16.0 Å². The number of nitrogen functional groups attached to an aromatic ring is 1. The molecule has 1 fully saturated rings. The molecule has 4 aromatic heterocycles. The van der Waals surface area contributed by atoms with E-state index in [1.807, 2.05) is 43.6 Å². The number of aryl methyl sites for hydroxylation is 2. The lowest BCUT2D eigenvalue weighted by molar-refractivity contribution is -0.127. The van der Waals surface area contributed by atoms with E-state index in [9.17, 15) is 4.79 Å². The van der Waals surface area contributed by atoms with Gasteiger partial charge in [0, 0.05) is 43.4 Å². The van der Waals surface area contributed by atoms with E-state index >= 15 is 0 Å². The molecule has 0 radical (unpaired) electrons. The highest BCUT2D eigenvalue weighted by Gasteiger charge is 2.29. The Labute approximate surface area is 255 Å². The molecule has 2 aliphatic rings. The molecule has 1 aliphatic heterocycles. The number of carbonyl (C=O) groups excluding carboxylic acids is 1. The van der Waals surface area contributed by atoms with Gasteiger partial charge in [-0.05, 0) is 92.4 Å². The van der Waals surface area contributed by atoms with E-state index in [0.29, 0.717) is 18.9 Å². The highest BCUT2D eigenvalue weighted by Crippen LogP contribution is 2.32. The first-order valence-corrected chi connectivity index (χ1v) is 14.7. The summed E-state index contributed by atoms with van der Waals surface area (Å²) in [4.78, 5) is 27.0. The van der Waals surface area contributed by atoms with Gasteiger partial charge in [-0.1, -0.05) is 12.6 Å². The number of amides is 1. The van der Waals surface area contributed by atoms with Crippen LogP contribution in [-0.2, 0) is 17.6 Å². The molecule has 1 amide bonds. The average molecular weight is 587 g/mol. The van der Waals surface area contributed by atoms with Crippen LogP contribution in [0.1, 0.15) is 24.0 Å². The van der Waals surface area contributed by atoms with Crippen LogP contribution in [0.25, 0.3) is 34.1 Å². The first kappa shape index (κ1) is 28.8. The number of fused-ring (bicyclic) bond motifs is 2. The summed E-state index contributed by atoms with van der Waals surface area (Å²) in [5.74, 6) is 1.72. The second-order valence-corrected chi connectivity index (χ2v) is 10.9. The van der Waals surface area contributed by atoms with Crippen LogP contribution >= 0.6 is 0 Å². The molecule has 2 atom stereocenters. The number of hydrogen-bond acceptors (Lipinski definition) is 8. The number of benzene rings is 1. The Morgan fingerprint density at radius 2 is 2.00 bits per heavy atom. The molecule has 1 saturated heterocycles. The number of pyridine rings is 2. The lowest BCUT2D eigenvalue weighted by atomic mass is 9.93. The first-order valence-electron chi connectivity index (χ1n) is 14.7. The molecular formula is C33H34N10O. The third kappa shape index (κ3) is 5.55. The maximum absolute atomic E-state index is 11.3. The van der Waals surface area contributed by atoms with Gasteiger partial charge in [-0.2, -0.15) is 10.4 Å². The molecule has 1 aliphatic carbocycles. The highest BCUT2D eigenvalue weighted by molar-refractivity contribution is 5.87. The zero-order chi connectivity index (χ0) is 30.6. The summed E-state index contributed by atoms with van der Waals surface area (Å²) in [6, 6.07) is 18.6. The van der Waals surface area contributed by atoms with Gasteiger partial charge in [-0.15, -0.1) is 0 Å². The normalized spacial score (nSPS) is 17.4. The number of anilines is 1. The summed E-state index contributed by atoms with van der Waals surface area (Å²) in [7, 11) is 1.85. The van der Waals surface area contributed by atoms with Crippen LogP contribution in [0.2, 0.25) is 0 Å². The van der Waals surface area contributed by atoms with E-state index in [1.165, 1.54) is 23.6 Å². The fourth-order valence-electron chi connectivity index (χ4n) is 5.97. The number of nitriles is 1. The molecule has 44 heavy (non-hydrogen) atoms. The predicted molar refractivity (Wildman–Crippen MR) is 169 cm³/mol. The monoisotopic (exact) mass is 586 g/mol. The summed E-state index contributed by atoms with van der Waals surface area (Å²) in [5, 5.41) is 16.3. The van der Waals surface area contributed by atoms with Crippen molar-refractivity contribution < 1.29 is 4.79 Å². The minimum absolute atomic E-state index is 0.0835. The molecule has 11 nitrogen and oxygen atoms in total. The molecule has 0 bridgehead atoms. The van der Waals surface area contributed by atoms with Crippen molar-refractivity contribution in [3.8, 4) is 29.0 Å². The average Bonchev–Trinajstić information content (AvgIpc) is 3.84. The van der Waals surface area contributed by atoms with Crippen LogP contribution in [0.5, 0.6) is 0 Å². The van der Waals surface area contributed by atoms with Gasteiger partial charge in [-0.3, -0.25) is 9.36 Å². The minimum Gasteiger partial charge on any atom is -0.383 e. The third-order valence-corrected chi connectivity index (χ3v) is 8.28. The molecule has 5 heterocycles. The van der Waals surface area contributed by atoms with E-state index in [0.717, 1.165) is 53.3 Å². The van der Waals surface area contributed by atoms with Gasteiger partial charge in [-0.25, -0.2) is 19.6 Å².